The molecule has 5 rings (SSSR count). The van der Waals surface area contributed by atoms with E-state index in [1.807, 2.05) is 20.8 Å². The van der Waals surface area contributed by atoms with Crippen LogP contribution in [0.4, 0.5) is 0 Å². The molecule has 0 aromatic heterocycles. The van der Waals surface area contributed by atoms with E-state index in [0.29, 0.717) is 24.3 Å². The molecule has 0 unspecified atom stereocenters. The zero-order valence-electron chi connectivity index (χ0n) is 17.7. The third-order valence-electron chi connectivity index (χ3n) is 6.38. The van der Waals surface area contributed by atoms with E-state index in [1.165, 1.54) is 22.3 Å². The number of amides is 2. The van der Waals surface area contributed by atoms with E-state index in [1.54, 1.807) is 6.92 Å². The van der Waals surface area contributed by atoms with Gasteiger partial charge in [0, 0.05) is 23.8 Å². The predicted molar refractivity (Wildman–Crippen MR) is 115 cm³/mol. The number of hydrogen-bond acceptors (Lipinski definition) is 2. The molecule has 0 saturated carbocycles. The summed E-state index contributed by atoms with van der Waals surface area (Å²) in [6.45, 7) is 7.91. The highest BCUT2D eigenvalue weighted by atomic mass is 16.2. The van der Waals surface area contributed by atoms with Gasteiger partial charge < -0.3 is 10.6 Å². The van der Waals surface area contributed by atoms with Crippen molar-refractivity contribution in [1.29, 1.82) is 0 Å². The molecule has 152 valence electrons. The Labute approximate surface area is 173 Å². The van der Waals surface area contributed by atoms with Crippen molar-refractivity contribution in [3.8, 4) is 0 Å². The van der Waals surface area contributed by atoms with Crippen LogP contribution in [0, 0.1) is 11.3 Å². The van der Waals surface area contributed by atoms with Gasteiger partial charge in [-0.05, 0) is 41.5 Å². The van der Waals surface area contributed by atoms with Crippen LogP contribution in [-0.4, -0.2) is 24.4 Å². The zero-order valence-corrected chi connectivity index (χ0v) is 17.7. The summed E-state index contributed by atoms with van der Waals surface area (Å²) in [6.07, 6.45) is 1.04. The molecular formula is C25H30N2O2. The van der Waals surface area contributed by atoms with Gasteiger partial charge in [-0.2, -0.15) is 0 Å². The Bertz CT molecular complexity index is 896. The Kier molecular flexibility index (Phi) is 4.97. The molecule has 0 heterocycles. The van der Waals surface area contributed by atoms with Gasteiger partial charge in [0.1, 0.15) is 6.04 Å². The number of nitrogens with one attached hydrogen (secondary N) is 2. The average Bonchev–Trinajstić information content (AvgIpc) is 2.71. The van der Waals surface area contributed by atoms with Crippen LogP contribution in [0.25, 0.3) is 0 Å². The van der Waals surface area contributed by atoms with E-state index in [0.717, 1.165) is 6.42 Å². The standard InChI is InChI=1S/C25H30N2O2/c1-15(27-24(29)25(2,3)4)23(28)26-14-16-13-21-17-9-5-7-11-19(17)22(16)20-12-8-6-10-18(20)21/h5-12,15-16,21-22H,13-14H2,1-4H3,(H,26,28)(H,27,29)/t15-,16+,21?,22?/m1/s1. The van der Waals surface area contributed by atoms with Crippen LogP contribution >= 0.6 is 0 Å². The van der Waals surface area contributed by atoms with Crippen LogP contribution < -0.4 is 10.6 Å². The van der Waals surface area contributed by atoms with Gasteiger partial charge in [0.15, 0.2) is 0 Å². The first kappa shape index (κ1) is 19.7. The molecule has 0 saturated heterocycles. The van der Waals surface area contributed by atoms with Crippen molar-refractivity contribution in [1.82, 2.24) is 10.6 Å². The maximum absolute atomic E-state index is 12.6. The number of hydrogen-bond donors (Lipinski definition) is 2. The highest BCUT2D eigenvalue weighted by Gasteiger charge is 2.43. The predicted octanol–water partition coefficient (Wildman–Crippen LogP) is 3.95. The molecule has 0 spiro atoms. The number of fused-ring (bicyclic) bond motifs is 1. The van der Waals surface area contributed by atoms with Crippen LogP contribution in [0.15, 0.2) is 48.5 Å². The summed E-state index contributed by atoms with van der Waals surface area (Å²) < 4.78 is 0. The van der Waals surface area contributed by atoms with Crippen molar-refractivity contribution in [2.45, 2.75) is 52.0 Å². The van der Waals surface area contributed by atoms with Crippen molar-refractivity contribution < 1.29 is 9.59 Å². The lowest BCUT2D eigenvalue weighted by Gasteiger charge is -2.45. The van der Waals surface area contributed by atoms with Crippen LogP contribution in [0.5, 0.6) is 0 Å². The summed E-state index contributed by atoms with van der Waals surface area (Å²) in [6, 6.07) is 16.9. The van der Waals surface area contributed by atoms with Gasteiger partial charge in [-0.3, -0.25) is 9.59 Å². The fourth-order valence-corrected chi connectivity index (χ4v) is 4.82. The summed E-state index contributed by atoms with van der Waals surface area (Å²) in [4.78, 5) is 24.8. The van der Waals surface area contributed by atoms with E-state index < -0.39 is 11.5 Å². The number of rotatable bonds is 4. The SMILES string of the molecule is C[C@@H](NC(=O)C(C)(C)C)C(=O)NC[C@@H]1CC2c3ccccc3C1c1ccccc12. The van der Waals surface area contributed by atoms with Crippen molar-refractivity contribution in [3.05, 3.63) is 70.8 Å². The number of carbonyl (C=O) groups is 2. The Morgan fingerprint density at radius 1 is 0.966 bits per heavy atom. The molecule has 2 amide bonds. The Balaban J connectivity index is 1.49. The second-order valence-corrected chi connectivity index (χ2v) is 9.47. The van der Waals surface area contributed by atoms with E-state index in [4.69, 9.17) is 0 Å². The van der Waals surface area contributed by atoms with Gasteiger partial charge in [0.25, 0.3) is 0 Å². The van der Waals surface area contributed by atoms with Gasteiger partial charge in [-0.15, -0.1) is 0 Å². The van der Waals surface area contributed by atoms with Crippen molar-refractivity contribution >= 4 is 11.8 Å². The molecule has 3 aliphatic carbocycles. The number of benzene rings is 2. The zero-order chi connectivity index (χ0) is 20.8. The molecule has 2 aromatic rings. The lowest BCUT2D eigenvalue weighted by molar-refractivity contribution is -0.133. The van der Waals surface area contributed by atoms with Gasteiger partial charge in [-0.1, -0.05) is 69.3 Å². The third-order valence-corrected chi connectivity index (χ3v) is 6.38. The molecule has 0 radical (unpaired) electrons. The highest BCUT2D eigenvalue weighted by Crippen LogP contribution is 2.55. The van der Waals surface area contributed by atoms with Crippen molar-refractivity contribution in [2.24, 2.45) is 11.3 Å². The fourth-order valence-electron chi connectivity index (χ4n) is 4.82. The van der Waals surface area contributed by atoms with Crippen LogP contribution in [0.3, 0.4) is 0 Å². The molecule has 29 heavy (non-hydrogen) atoms. The Morgan fingerprint density at radius 3 is 2.00 bits per heavy atom. The topological polar surface area (TPSA) is 58.2 Å². The first-order valence-electron chi connectivity index (χ1n) is 10.5. The molecular weight excluding hydrogens is 360 g/mol. The van der Waals surface area contributed by atoms with Crippen LogP contribution in [0.1, 0.15) is 68.2 Å². The van der Waals surface area contributed by atoms with Gasteiger partial charge in [0.05, 0.1) is 0 Å². The largest absolute Gasteiger partial charge is 0.354 e. The number of carbonyl (C=O) groups excluding carboxylic acids is 2. The Hall–Kier alpha value is -2.62. The summed E-state index contributed by atoms with van der Waals surface area (Å²) in [5.41, 5.74) is 5.16. The molecule has 3 aliphatic rings. The van der Waals surface area contributed by atoms with Crippen LogP contribution in [-0.2, 0) is 9.59 Å². The molecule has 4 heteroatoms. The second-order valence-electron chi connectivity index (χ2n) is 9.47. The van der Waals surface area contributed by atoms with Crippen LogP contribution in [0.2, 0.25) is 0 Å². The first-order chi connectivity index (χ1) is 13.8. The van der Waals surface area contributed by atoms with E-state index in [2.05, 4.69) is 59.2 Å². The van der Waals surface area contributed by atoms with E-state index >= 15 is 0 Å². The maximum atomic E-state index is 12.6. The van der Waals surface area contributed by atoms with E-state index in [-0.39, 0.29) is 11.8 Å². The molecule has 2 N–H and O–H groups in total. The lowest BCUT2D eigenvalue weighted by Crippen LogP contribution is -2.49. The van der Waals surface area contributed by atoms with Crippen molar-refractivity contribution in [3.63, 3.8) is 0 Å². The lowest BCUT2D eigenvalue weighted by atomic mass is 9.59. The quantitative estimate of drug-likeness (QED) is 0.830. The second kappa shape index (κ2) is 7.33. The minimum Gasteiger partial charge on any atom is -0.354 e. The summed E-state index contributed by atoms with van der Waals surface area (Å²) >= 11 is 0. The molecule has 0 aliphatic heterocycles. The Morgan fingerprint density at radius 2 is 1.48 bits per heavy atom. The first-order valence-corrected chi connectivity index (χ1v) is 10.5. The molecule has 2 atom stereocenters. The highest BCUT2D eigenvalue weighted by molar-refractivity contribution is 5.89. The molecule has 2 aromatic carbocycles. The normalized spacial score (nSPS) is 23.0. The smallest absolute Gasteiger partial charge is 0.242 e. The van der Waals surface area contributed by atoms with E-state index in [9.17, 15) is 9.59 Å². The minimum atomic E-state index is -0.540. The van der Waals surface area contributed by atoms with Gasteiger partial charge >= 0.3 is 0 Å². The molecule has 4 nitrogen and oxygen atoms in total. The summed E-state index contributed by atoms with van der Waals surface area (Å²) in [5.74, 6) is 0.837. The summed E-state index contributed by atoms with van der Waals surface area (Å²) in [5, 5.41) is 5.92. The third kappa shape index (κ3) is 3.57. The summed E-state index contributed by atoms with van der Waals surface area (Å²) in [7, 11) is 0. The molecule has 2 bridgehead atoms. The molecule has 0 fully saturated rings. The van der Waals surface area contributed by atoms with Crippen molar-refractivity contribution in [2.75, 3.05) is 6.54 Å². The van der Waals surface area contributed by atoms with Gasteiger partial charge in [-0.25, -0.2) is 0 Å². The minimum absolute atomic E-state index is 0.111. The average molecular weight is 391 g/mol. The maximum Gasteiger partial charge on any atom is 0.242 e. The fraction of sp³-hybridized carbons (Fsp3) is 0.440. The monoisotopic (exact) mass is 390 g/mol. The van der Waals surface area contributed by atoms with Gasteiger partial charge in [0.2, 0.25) is 11.8 Å².